The first kappa shape index (κ1) is 17.7. The summed E-state index contributed by atoms with van der Waals surface area (Å²) < 4.78 is 0. The summed E-state index contributed by atoms with van der Waals surface area (Å²) in [5.41, 5.74) is 2.64. The average Bonchev–Trinajstić information content (AvgIpc) is 3.01. The summed E-state index contributed by atoms with van der Waals surface area (Å²) in [7, 11) is 0. The summed E-state index contributed by atoms with van der Waals surface area (Å²) in [5.74, 6) is -0.279. The van der Waals surface area contributed by atoms with Crippen molar-refractivity contribution >= 4 is 22.9 Å². The van der Waals surface area contributed by atoms with Gasteiger partial charge in [-0.05, 0) is 38.1 Å². The van der Waals surface area contributed by atoms with E-state index in [-0.39, 0.29) is 11.6 Å². The van der Waals surface area contributed by atoms with Crippen LogP contribution >= 0.6 is 11.3 Å². The van der Waals surface area contributed by atoms with Crippen LogP contribution in [0.4, 0.5) is 5.69 Å². The maximum atomic E-state index is 12.3. The van der Waals surface area contributed by atoms with Gasteiger partial charge in [0.05, 0.1) is 17.2 Å². The van der Waals surface area contributed by atoms with Gasteiger partial charge in [0.15, 0.2) is 0 Å². The van der Waals surface area contributed by atoms with Gasteiger partial charge < -0.3 is 5.32 Å². The van der Waals surface area contributed by atoms with Crippen molar-refractivity contribution in [1.82, 2.24) is 15.3 Å². The van der Waals surface area contributed by atoms with Crippen molar-refractivity contribution in [2.45, 2.75) is 20.4 Å². The second-order valence-corrected chi connectivity index (χ2v) is 6.79. The topological polar surface area (TPSA) is 98.0 Å². The van der Waals surface area contributed by atoms with Crippen LogP contribution in [0, 0.1) is 24.0 Å². The second kappa shape index (κ2) is 7.40. The molecule has 1 amide bonds. The van der Waals surface area contributed by atoms with E-state index >= 15 is 0 Å². The molecular formula is C18H16N4O3S. The number of rotatable bonds is 5. The van der Waals surface area contributed by atoms with Crippen molar-refractivity contribution in [1.29, 1.82) is 0 Å². The number of amides is 1. The number of nitrogens with zero attached hydrogens (tertiary/aromatic N) is 3. The van der Waals surface area contributed by atoms with Gasteiger partial charge in [-0.25, -0.2) is 4.98 Å². The molecule has 1 aromatic carbocycles. The molecule has 8 heteroatoms. The molecule has 0 aliphatic carbocycles. The molecule has 26 heavy (non-hydrogen) atoms. The minimum absolute atomic E-state index is 0.000892. The molecule has 0 aliphatic heterocycles. The highest BCUT2D eigenvalue weighted by molar-refractivity contribution is 7.15. The van der Waals surface area contributed by atoms with E-state index in [2.05, 4.69) is 15.3 Å². The first-order valence-corrected chi connectivity index (χ1v) is 8.67. The van der Waals surface area contributed by atoms with Crippen LogP contribution in [0.5, 0.6) is 0 Å². The van der Waals surface area contributed by atoms with Gasteiger partial charge in [-0.15, -0.1) is 11.3 Å². The third-order valence-electron chi connectivity index (χ3n) is 3.87. The fourth-order valence-corrected chi connectivity index (χ4v) is 3.46. The van der Waals surface area contributed by atoms with E-state index in [9.17, 15) is 14.9 Å². The Kier molecular flexibility index (Phi) is 5.04. The number of nitrogens with one attached hydrogen (secondary N) is 1. The number of pyridine rings is 1. The van der Waals surface area contributed by atoms with Crippen molar-refractivity contribution < 1.29 is 9.72 Å². The number of carbonyl (C=O) groups is 1. The molecular weight excluding hydrogens is 352 g/mol. The summed E-state index contributed by atoms with van der Waals surface area (Å²) in [4.78, 5) is 32.3. The van der Waals surface area contributed by atoms with Crippen LogP contribution in [0.3, 0.4) is 0 Å². The molecule has 7 nitrogen and oxygen atoms in total. The molecule has 2 heterocycles. The molecule has 0 saturated carbocycles. The van der Waals surface area contributed by atoms with E-state index in [1.807, 2.05) is 19.1 Å². The molecule has 1 N–H and O–H groups in total. The number of carbonyl (C=O) groups excluding carboxylic acids is 1. The van der Waals surface area contributed by atoms with Gasteiger partial charge in [-0.1, -0.05) is 0 Å². The first-order valence-electron chi connectivity index (χ1n) is 7.85. The van der Waals surface area contributed by atoms with Crippen molar-refractivity contribution in [3.05, 3.63) is 74.5 Å². The Labute approximate surface area is 153 Å². The highest BCUT2D eigenvalue weighted by Gasteiger charge is 2.15. The van der Waals surface area contributed by atoms with E-state index in [1.54, 1.807) is 19.3 Å². The number of aryl methyl sites for hydroxylation is 2. The summed E-state index contributed by atoms with van der Waals surface area (Å²) in [6, 6.07) is 8.12. The molecule has 0 atom stereocenters. The van der Waals surface area contributed by atoms with Gasteiger partial charge in [0.25, 0.3) is 11.6 Å². The summed E-state index contributed by atoms with van der Waals surface area (Å²) >= 11 is 1.50. The summed E-state index contributed by atoms with van der Waals surface area (Å²) in [6.45, 7) is 3.86. The Morgan fingerprint density at radius 2 is 2.12 bits per heavy atom. The monoisotopic (exact) mass is 368 g/mol. The molecule has 0 bridgehead atoms. The van der Waals surface area contributed by atoms with E-state index in [0.29, 0.717) is 17.7 Å². The lowest BCUT2D eigenvalue weighted by Gasteiger charge is -2.05. The quantitative estimate of drug-likeness (QED) is 0.547. The van der Waals surface area contributed by atoms with E-state index in [0.717, 1.165) is 21.1 Å². The van der Waals surface area contributed by atoms with Gasteiger partial charge in [0, 0.05) is 40.0 Å². The number of nitro groups is 1. The fraction of sp³-hybridized carbons (Fsp3) is 0.167. The molecule has 2 aromatic heterocycles. The predicted octanol–water partition coefficient (Wildman–Crippen LogP) is 3.66. The van der Waals surface area contributed by atoms with E-state index in [1.165, 1.54) is 29.5 Å². The third-order valence-corrected chi connectivity index (χ3v) is 5.07. The molecule has 0 aliphatic rings. The smallest absolute Gasteiger partial charge is 0.272 e. The lowest BCUT2D eigenvalue weighted by Crippen LogP contribution is -2.22. The van der Waals surface area contributed by atoms with Crippen molar-refractivity contribution in [3.8, 4) is 10.6 Å². The molecule has 0 fully saturated rings. The highest BCUT2D eigenvalue weighted by Crippen LogP contribution is 2.27. The van der Waals surface area contributed by atoms with Gasteiger partial charge in [-0.3, -0.25) is 19.9 Å². The largest absolute Gasteiger partial charge is 0.347 e. The Balaban J connectivity index is 1.71. The third kappa shape index (κ3) is 3.75. The SMILES string of the molecule is Cc1cc(C(=O)NCc2sc(-c3cccnc3)nc2C)ccc1[N+](=O)[O-]. The van der Waals surface area contributed by atoms with Crippen molar-refractivity contribution in [2.24, 2.45) is 0 Å². The van der Waals surface area contributed by atoms with Crippen LogP contribution in [-0.4, -0.2) is 20.8 Å². The number of nitro benzene ring substituents is 1. The zero-order valence-corrected chi connectivity index (χ0v) is 15.0. The summed E-state index contributed by atoms with van der Waals surface area (Å²) in [6.07, 6.45) is 3.46. The maximum Gasteiger partial charge on any atom is 0.272 e. The molecule has 0 spiro atoms. The minimum Gasteiger partial charge on any atom is -0.347 e. The highest BCUT2D eigenvalue weighted by atomic mass is 32.1. The second-order valence-electron chi connectivity index (χ2n) is 5.71. The Hall–Kier alpha value is -3.13. The Morgan fingerprint density at radius 1 is 1.31 bits per heavy atom. The molecule has 0 saturated heterocycles. The number of benzene rings is 1. The van der Waals surface area contributed by atoms with Crippen LogP contribution < -0.4 is 5.32 Å². The van der Waals surface area contributed by atoms with Crippen LogP contribution in [0.1, 0.15) is 26.5 Å². The zero-order chi connectivity index (χ0) is 18.7. The number of thiazole rings is 1. The molecule has 132 valence electrons. The maximum absolute atomic E-state index is 12.3. The van der Waals surface area contributed by atoms with Gasteiger partial charge in [-0.2, -0.15) is 0 Å². The molecule has 0 radical (unpaired) electrons. The zero-order valence-electron chi connectivity index (χ0n) is 14.2. The van der Waals surface area contributed by atoms with Crippen molar-refractivity contribution in [3.63, 3.8) is 0 Å². The summed E-state index contributed by atoms with van der Waals surface area (Å²) in [5, 5.41) is 14.6. The molecule has 3 aromatic rings. The van der Waals surface area contributed by atoms with Gasteiger partial charge in [0.2, 0.25) is 0 Å². The van der Waals surface area contributed by atoms with Gasteiger partial charge in [0.1, 0.15) is 5.01 Å². The van der Waals surface area contributed by atoms with Crippen LogP contribution in [0.2, 0.25) is 0 Å². The first-order chi connectivity index (χ1) is 12.5. The number of aromatic nitrogens is 2. The van der Waals surface area contributed by atoms with Crippen LogP contribution in [0.15, 0.2) is 42.7 Å². The molecule has 3 rings (SSSR count). The Morgan fingerprint density at radius 3 is 2.77 bits per heavy atom. The minimum atomic E-state index is -0.461. The van der Waals surface area contributed by atoms with E-state index < -0.39 is 4.92 Å². The van der Waals surface area contributed by atoms with E-state index in [4.69, 9.17) is 0 Å². The Bertz CT molecular complexity index is 970. The lowest BCUT2D eigenvalue weighted by atomic mass is 10.1. The normalized spacial score (nSPS) is 10.5. The van der Waals surface area contributed by atoms with Crippen molar-refractivity contribution in [2.75, 3.05) is 0 Å². The average molecular weight is 368 g/mol. The lowest BCUT2D eigenvalue weighted by molar-refractivity contribution is -0.385. The van der Waals surface area contributed by atoms with Crippen LogP contribution in [-0.2, 0) is 6.54 Å². The number of hydrogen-bond donors (Lipinski definition) is 1. The fourth-order valence-electron chi connectivity index (χ4n) is 2.47. The van der Waals surface area contributed by atoms with Crippen LogP contribution in [0.25, 0.3) is 10.6 Å². The van der Waals surface area contributed by atoms with Gasteiger partial charge >= 0.3 is 0 Å². The number of hydrogen-bond acceptors (Lipinski definition) is 6. The molecule has 0 unspecified atom stereocenters. The predicted molar refractivity (Wildman–Crippen MR) is 99.1 cm³/mol. The standard InChI is InChI=1S/C18H16N4O3S/c1-11-8-13(5-6-15(11)22(24)25)17(23)20-10-16-12(2)21-18(26-16)14-4-3-7-19-9-14/h3-9H,10H2,1-2H3,(H,20,23).